The number of anilines is 1. The number of hydrogen-bond donors (Lipinski definition) is 2. The van der Waals surface area contributed by atoms with E-state index in [2.05, 4.69) is 40.5 Å². The summed E-state index contributed by atoms with van der Waals surface area (Å²) in [5.74, 6) is 0.932. The number of pyridine rings is 1. The molecule has 1 aromatic carbocycles. The van der Waals surface area contributed by atoms with Crippen molar-refractivity contribution in [2.24, 2.45) is 10.9 Å². The Morgan fingerprint density at radius 3 is 2.90 bits per heavy atom. The highest BCUT2D eigenvalue weighted by molar-refractivity contribution is 6.68. The molecule has 6 heteroatoms. The Morgan fingerprint density at radius 2 is 2.10 bits per heavy atom. The molecule has 1 aromatic heterocycles. The highest BCUT2D eigenvalue weighted by Gasteiger charge is 2.12. The van der Waals surface area contributed by atoms with Gasteiger partial charge in [-0.3, -0.25) is 9.78 Å². The van der Waals surface area contributed by atoms with Crippen molar-refractivity contribution in [3.05, 3.63) is 83.5 Å². The topological polar surface area (TPSA) is 66.4 Å². The summed E-state index contributed by atoms with van der Waals surface area (Å²) in [6.07, 6.45) is 10.1. The van der Waals surface area contributed by atoms with Crippen molar-refractivity contribution < 1.29 is 4.79 Å². The normalized spacial score (nSPS) is 22.1. The number of halogens is 1. The molecule has 29 heavy (non-hydrogen) atoms. The Balaban J connectivity index is 1.73. The number of aryl methyl sites for hydroxylation is 1. The maximum Gasteiger partial charge on any atom is 0.257 e. The van der Waals surface area contributed by atoms with E-state index in [4.69, 9.17) is 11.6 Å². The zero-order valence-electron chi connectivity index (χ0n) is 16.8. The molecule has 2 atom stereocenters. The van der Waals surface area contributed by atoms with Gasteiger partial charge in [0.2, 0.25) is 0 Å². The Bertz CT molecular complexity index is 980. The van der Waals surface area contributed by atoms with E-state index in [0.29, 0.717) is 16.7 Å². The van der Waals surface area contributed by atoms with Crippen LogP contribution in [0.5, 0.6) is 0 Å². The summed E-state index contributed by atoms with van der Waals surface area (Å²) < 4.78 is 0. The minimum atomic E-state index is -0.182. The van der Waals surface area contributed by atoms with Crippen LogP contribution in [-0.4, -0.2) is 16.1 Å². The molecule has 0 aliphatic carbocycles. The average Bonchev–Trinajstić information content (AvgIpc) is 2.67. The zero-order valence-corrected chi connectivity index (χ0v) is 17.6. The van der Waals surface area contributed by atoms with Crippen LogP contribution in [0.25, 0.3) is 0 Å². The van der Waals surface area contributed by atoms with Crippen molar-refractivity contribution in [2.45, 2.75) is 33.2 Å². The zero-order chi connectivity index (χ0) is 20.8. The molecule has 5 nitrogen and oxygen atoms in total. The van der Waals surface area contributed by atoms with Gasteiger partial charge in [0.25, 0.3) is 5.91 Å². The third kappa shape index (κ3) is 6.03. The summed E-state index contributed by atoms with van der Waals surface area (Å²) in [6, 6.07) is 9.56. The van der Waals surface area contributed by atoms with Gasteiger partial charge < -0.3 is 10.6 Å². The summed E-state index contributed by atoms with van der Waals surface area (Å²) in [5.41, 5.74) is 3.24. The number of allylic oxidation sites excluding steroid dienone is 3. The molecule has 150 valence electrons. The molecule has 1 aliphatic heterocycles. The van der Waals surface area contributed by atoms with Crippen LogP contribution in [0.4, 0.5) is 5.69 Å². The second-order valence-corrected chi connectivity index (χ2v) is 7.69. The lowest BCUT2D eigenvalue weighted by Gasteiger charge is -2.19. The molecule has 1 unspecified atom stereocenters. The van der Waals surface area contributed by atoms with E-state index < -0.39 is 0 Å². The fourth-order valence-corrected chi connectivity index (χ4v) is 3.24. The van der Waals surface area contributed by atoms with Crippen LogP contribution in [0.15, 0.2) is 71.8 Å². The predicted octanol–water partition coefficient (Wildman–Crippen LogP) is 5.37. The van der Waals surface area contributed by atoms with E-state index in [1.54, 1.807) is 12.4 Å². The maximum absolute atomic E-state index is 12.5. The second kappa shape index (κ2) is 9.52. The number of nitrogens with zero attached hydrogens (tertiary/aromatic N) is 2. The Labute approximate surface area is 176 Å². The van der Waals surface area contributed by atoms with Crippen molar-refractivity contribution in [1.82, 2.24) is 10.3 Å². The predicted molar refractivity (Wildman–Crippen MR) is 119 cm³/mol. The lowest BCUT2D eigenvalue weighted by atomic mass is 10.1. The van der Waals surface area contributed by atoms with Crippen molar-refractivity contribution in [3.63, 3.8) is 0 Å². The van der Waals surface area contributed by atoms with Crippen LogP contribution in [0, 0.1) is 12.8 Å². The molecule has 0 saturated carbocycles. The molecule has 3 rings (SSSR count). The summed E-state index contributed by atoms with van der Waals surface area (Å²) in [7, 11) is 0. The third-order valence-corrected chi connectivity index (χ3v) is 4.79. The fraction of sp³-hybridized carbons (Fsp3) is 0.261. The van der Waals surface area contributed by atoms with Crippen LogP contribution in [0.1, 0.15) is 47.8 Å². The molecule has 2 heterocycles. The number of hydrogen-bond acceptors (Lipinski definition) is 4. The number of carbonyl (C=O) groups excluding carboxylic acids is 1. The number of aromatic nitrogens is 1. The van der Waals surface area contributed by atoms with Gasteiger partial charge in [-0.25, -0.2) is 4.99 Å². The maximum atomic E-state index is 12.5. The molecule has 1 aliphatic rings. The number of amides is 1. The molecule has 2 N–H and O–H groups in total. The van der Waals surface area contributed by atoms with Gasteiger partial charge in [-0.2, -0.15) is 0 Å². The highest BCUT2D eigenvalue weighted by atomic mass is 35.5. The minimum absolute atomic E-state index is 0.0115. The summed E-state index contributed by atoms with van der Waals surface area (Å²) in [4.78, 5) is 21.0. The van der Waals surface area contributed by atoms with Crippen molar-refractivity contribution >= 4 is 28.4 Å². The van der Waals surface area contributed by atoms with Gasteiger partial charge in [-0.05, 0) is 67.7 Å². The first kappa shape index (κ1) is 20.8. The van der Waals surface area contributed by atoms with Crippen LogP contribution in [0.3, 0.4) is 0 Å². The standard InChI is InChI=1S/C23H25ClN4O/c1-15-6-4-9-21(24)28-22(11-15)26-17(3)18-7-5-8-20(12-18)27-23(29)19-10-16(2)13-25-14-19/h4-5,7-15,17,26H,6H2,1-3H3,(H,27,29)/b9-4+,22-11-,28-21+/t15?,17-/m0/s1. The van der Waals surface area contributed by atoms with Crippen LogP contribution in [-0.2, 0) is 0 Å². The first-order valence-corrected chi connectivity index (χ1v) is 10.0. The summed E-state index contributed by atoms with van der Waals surface area (Å²) >= 11 is 6.15. The number of benzene rings is 1. The first-order chi connectivity index (χ1) is 13.9. The number of carbonyl (C=O) groups is 1. The first-order valence-electron chi connectivity index (χ1n) is 9.63. The van der Waals surface area contributed by atoms with E-state index in [1.807, 2.05) is 49.4 Å². The minimum Gasteiger partial charge on any atom is -0.364 e. The van der Waals surface area contributed by atoms with Gasteiger partial charge in [0.05, 0.1) is 11.6 Å². The molecule has 0 bridgehead atoms. The quantitative estimate of drug-likeness (QED) is 0.699. The molecule has 0 fully saturated rings. The lowest BCUT2D eigenvalue weighted by Crippen LogP contribution is -2.19. The van der Waals surface area contributed by atoms with Crippen LogP contribution >= 0.6 is 11.6 Å². The van der Waals surface area contributed by atoms with Crippen molar-refractivity contribution in [1.29, 1.82) is 0 Å². The van der Waals surface area contributed by atoms with Crippen LogP contribution in [0.2, 0.25) is 0 Å². The van der Waals surface area contributed by atoms with E-state index in [-0.39, 0.29) is 11.9 Å². The Kier molecular flexibility index (Phi) is 6.83. The van der Waals surface area contributed by atoms with E-state index in [0.717, 1.165) is 29.1 Å². The largest absolute Gasteiger partial charge is 0.364 e. The van der Waals surface area contributed by atoms with Crippen LogP contribution < -0.4 is 10.6 Å². The van der Waals surface area contributed by atoms with Crippen molar-refractivity contribution in [3.8, 4) is 0 Å². The van der Waals surface area contributed by atoms with Gasteiger partial charge in [0.1, 0.15) is 11.0 Å². The van der Waals surface area contributed by atoms with Gasteiger partial charge in [0.15, 0.2) is 0 Å². The molecular weight excluding hydrogens is 384 g/mol. The fourth-order valence-electron chi connectivity index (χ4n) is 3.06. The third-order valence-electron chi connectivity index (χ3n) is 4.58. The summed E-state index contributed by atoms with van der Waals surface area (Å²) in [5, 5.41) is 6.81. The molecule has 2 aromatic rings. The number of nitrogens with one attached hydrogen (secondary N) is 2. The Hall–Kier alpha value is -2.92. The monoisotopic (exact) mass is 408 g/mol. The summed E-state index contributed by atoms with van der Waals surface area (Å²) in [6.45, 7) is 6.10. The molecule has 1 amide bonds. The highest BCUT2D eigenvalue weighted by Crippen LogP contribution is 2.21. The molecular formula is C23H25ClN4O. The van der Waals surface area contributed by atoms with Gasteiger partial charge in [0, 0.05) is 18.1 Å². The van der Waals surface area contributed by atoms with E-state index in [1.165, 1.54) is 0 Å². The van der Waals surface area contributed by atoms with Gasteiger partial charge >= 0.3 is 0 Å². The molecule has 0 spiro atoms. The average molecular weight is 409 g/mol. The van der Waals surface area contributed by atoms with Crippen molar-refractivity contribution in [2.75, 3.05) is 5.32 Å². The smallest absolute Gasteiger partial charge is 0.257 e. The Morgan fingerprint density at radius 1 is 1.28 bits per heavy atom. The van der Waals surface area contributed by atoms with E-state index in [9.17, 15) is 4.79 Å². The van der Waals surface area contributed by atoms with E-state index >= 15 is 0 Å². The second-order valence-electron chi connectivity index (χ2n) is 7.30. The number of aliphatic imine (C=N–C) groups is 1. The lowest BCUT2D eigenvalue weighted by molar-refractivity contribution is 0.102. The number of rotatable bonds is 5. The molecule has 0 radical (unpaired) electrons. The van der Waals surface area contributed by atoms with Gasteiger partial charge in [-0.15, -0.1) is 0 Å². The molecule has 0 saturated heterocycles. The van der Waals surface area contributed by atoms with Gasteiger partial charge in [-0.1, -0.05) is 36.7 Å². The SMILES string of the molecule is Cc1cncc(C(=O)Nc2cccc([C@H](C)NC3=C/C(C)C/C=C/C(Cl)=N\3)c2)c1.